The maximum atomic E-state index is 13.7. The number of hydrogen-bond donors (Lipinski definition) is 1. The van der Waals surface area contributed by atoms with Crippen LogP contribution in [-0.2, 0) is 43.5 Å². The first-order chi connectivity index (χ1) is 27.3. The van der Waals surface area contributed by atoms with Crippen LogP contribution in [0.2, 0.25) is 0 Å². The molecule has 56 heavy (non-hydrogen) atoms. The van der Waals surface area contributed by atoms with E-state index in [2.05, 4.69) is 4.98 Å². The molecule has 1 N–H and O–H groups in total. The molecule has 0 spiro atoms. The topological polar surface area (TPSA) is 110 Å². The molecule has 10 nitrogen and oxygen atoms in total. The third-order valence-corrected chi connectivity index (χ3v) is 10.2. The summed E-state index contributed by atoms with van der Waals surface area (Å²) in [4.78, 5) is 28.7. The fourth-order valence-electron chi connectivity index (χ4n) is 7.31. The van der Waals surface area contributed by atoms with Gasteiger partial charge in [0.25, 0.3) is 5.56 Å². The van der Waals surface area contributed by atoms with E-state index >= 15 is 0 Å². The summed E-state index contributed by atoms with van der Waals surface area (Å²) in [6, 6.07) is 45.4. The molecule has 7 rings (SSSR count). The molecule has 5 aromatic carbocycles. The lowest BCUT2D eigenvalue weighted by Gasteiger charge is -2.37. The van der Waals surface area contributed by atoms with Crippen molar-refractivity contribution < 1.29 is 28.4 Å². The molecule has 0 unspecified atom stereocenters. The van der Waals surface area contributed by atoms with Gasteiger partial charge in [-0.1, -0.05) is 115 Å². The smallest absolute Gasteiger partial charge is 0.330 e. The second kappa shape index (κ2) is 17.3. The zero-order valence-corrected chi connectivity index (χ0v) is 31.8. The lowest BCUT2D eigenvalue weighted by Crippen LogP contribution is -2.48. The average Bonchev–Trinajstić information content (AvgIpc) is 3.61. The van der Waals surface area contributed by atoms with Crippen molar-refractivity contribution in [3.8, 4) is 11.5 Å². The lowest BCUT2D eigenvalue weighted by molar-refractivity contribution is -0.171. The van der Waals surface area contributed by atoms with Crippen molar-refractivity contribution in [2.45, 2.75) is 50.1 Å². The standard InChI is InChI=1S/C46H46N2O8/c1-33-28-48(44(50)47-43(33)49)45(32-53-29-34-13-7-4-8-14-34)27-41(54-30-35-15-9-5-10-16-35)42(56-45)31-55-46(36-17-11-6-12-18-36,37-19-23-39(51-2)24-20-37)38-21-25-40(52-3)26-22-38/h4-26,28,41-42H,27,29-32H2,1-3H3,(H,47,49,50)/t41-,42+,45-/m0/s1. The van der Waals surface area contributed by atoms with Crippen molar-refractivity contribution >= 4 is 0 Å². The van der Waals surface area contributed by atoms with Gasteiger partial charge in [-0.3, -0.25) is 14.3 Å². The van der Waals surface area contributed by atoms with Crippen LogP contribution in [0.4, 0.5) is 0 Å². The number of benzene rings is 5. The number of ether oxygens (including phenoxy) is 6. The molecule has 10 heteroatoms. The summed E-state index contributed by atoms with van der Waals surface area (Å²) in [5.74, 6) is 1.42. The Labute approximate surface area is 326 Å². The Morgan fingerprint density at radius 1 is 0.714 bits per heavy atom. The van der Waals surface area contributed by atoms with Gasteiger partial charge < -0.3 is 28.4 Å². The van der Waals surface area contributed by atoms with E-state index in [0.717, 1.165) is 27.8 Å². The summed E-state index contributed by atoms with van der Waals surface area (Å²) >= 11 is 0. The molecule has 288 valence electrons. The van der Waals surface area contributed by atoms with Crippen molar-refractivity contribution in [1.82, 2.24) is 9.55 Å². The second-order valence-electron chi connectivity index (χ2n) is 13.9. The molecular weight excluding hydrogens is 709 g/mol. The predicted molar refractivity (Wildman–Crippen MR) is 213 cm³/mol. The number of rotatable bonds is 16. The normalized spacial score (nSPS) is 18.1. The summed E-state index contributed by atoms with van der Waals surface area (Å²) in [5, 5.41) is 0. The summed E-state index contributed by atoms with van der Waals surface area (Å²) in [6.07, 6.45) is 0.512. The molecule has 1 saturated heterocycles. The Morgan fingerprint density at radius 3 is 1.79 bits per heavy atom. The van der Waals surface area contributed by atoms with Gasteiger partial charge in [0.1, 0.15) is 23.2 Å². The number of aromatic nitrogens is 2. The molecule has 0 bridgehead atoms. The highest BCUT2D eigenvalue weighted by atomic mass is 16.6. The number of aryl methyl sites for hydroxylation is 1. The summed E-state index contributed by atoms with van der Waals surface area (Å²) in [5.41, 5.74) is 1.36. The molecule has 0 aliphatic carbocycles. The van der Waals surface area contributed by atoms with Gasteiger partial charge >= 0.3 is 5.69 Å². The minimum atomic E-state index is -1.36. The van der Waals surface area contributed by atoms with Crippen molar-refractivity contribution in [3.05, 3.63) is 200 Å². The molecule has 0 radical (unpaired) electrons. The van der Waals surface area contributed by atoms with E-state index in [-0.39, 0.29) is 26.2 Å². The van der Waals surface area contributed by atoms with Gasteiger partial charge in [-0.25, -0.2) is 4.79 Å². The minimum Gasteiger partial charge on any atom is -0.497 e. The third-order valence-electron chi connectivity index (χ3n) is 10.2. The van der Waals surface area contributed by atoms with Crippen molar-refractivity contribution in [3.63, 3.8) is 0 Å². The van der Waals surface area contributed by atoms with Gasteiger partial charge in [-0.2, -0.15) is 0 Å². The number of H-pyrrole nitrogens is 1. The maximum Gasteiger partial charge on any atom is 0.330 e. The number of nitrogens with one attached hydrogen (secondary N) is 1. The fourth-order valence-corrected chi connectivity index (χ4v) is 7.31. The Kier molecular flexibility index (Phi) is 11.9. The molecule has 1 aliphatic rings. The molecular formula is C46H46N2O8. The van der Waals surface area contributed by atoms with Crippen LogP contribution in [0.3, 0.4) is 0 Å². The van der Waals surface area contributed by atoms with E-state index in [1.165, 1.54) is 10.8 Å². The molecule has 0 amide bonds. The van der Waals surface area contributed by atoms with Crippen LogP contribution < -0.4 is 20.7 Å². The monoisotopic (exact) mass is 754 g/mol. The lowest BCUT2D eigenvalue weighted by atomic mass is 9.80. The van der Waals surface area contributed by atoms with Gasteiger partial charge in [0.05, 0.1) is 46.8 Å². The Morgan fingerprint density at radius 2 is 1.23 bits per heavy atom. The number of aromatic amines is 1. The summed E-state index contributed by atoms with van der Waals surface area (Å²) in [6.45, 7) is 2.28. The highest BCUT2D eigenvalue weighted by Crippen LogP contribution is 2.44. The van der Waals surface area contributed by atoms with Crippen LogP contribution in [0, 0.1) is 6.92 Å². The van der Waals surface area contributed by atoms with E-state index in [0.29, 0.717) is 23.7 Å². The highest BCUT2D eigenvalue weighted by Gasteiger charge is 2.51. The van der Waals surface area contributed by atoms with Crippen molar-refractivity contribution in [2.24, 2.45) is 0 Å². The van der Waals surface area contributed by atoms with Crippen LogP contribution in [-0.4, -0.2) is 49.2 Å². The number of nitrogens with zero attached hydrogens (tertiary/aromatic N) is 1. The van der Waals surface area contributed by atoms with Crippen LogP contribution in [0.5, 0.6) is 11.5 Å². The Balaban J connectivity index is 1.31. The van der Waals surface area contributed by atoms with Gasteiger partial charge in [-0.05, 0) is 59.0 Å². The quantitative estimate of drug-likeness (QED) is 0.104. The molecule has 6 aromatic rings. The van der Waals surface area contributed by atoms with Gasteiger partial charge in [0.2, 0.25) is 0 Å². The largest absolute Gasteiger partial charge is 0.497 e. The van der Waals surface area contributed by atoms with Crippen LogP contribution in [0.15, 0.2) is 155 Å². The first-order valence-electron chi connectivity index (χ1n) is 18.6. The molecule has 1 aromatic heterocycles. The second-order valence-corrected chi connectivity index (χ2v) is 13.9. The molecule has 1 aliphatic heterocycles. The molecule has 2 heterocycles. The van der Waals surface area contributed by atoms with Crippen molar-refractivity contribution in [2.75, 3.05) is 27.4 Å². The summed E-state index contributed by atoms with van der Waals surface area (Å²) < 4.78 is 39.9. The first kappa shape index (κ1) is 38.5. The molecule has 0 saturated carbocycles. The Bertz CT molecular complexity index is 2230. The van der Waals surface area contributed by atoms with E-state index in [9.17, 15) is 9.59 Å². The van der Waals surface area contributed by atoms with E-state index in [1.54, 1.807) is 21.1 Å². The average molecular weight is 755 g/mol. The Hall–Kier alpha value is -5.78. The van der Waals surface area contributed by atoms with Crippen LogP contribution >= 0.6 is 0 Å². The van der Waals surface area contributed by atoms with Crippen molar-refractivity contribution in [1.29, 1.82) is 0 Å². The highest BCUT2D eigenvalue weighted by molar-refractivity contribution is 5.49. The van der Waals surface area contributed by atoms with Crippen LogP contribution in [0.1, 0.15) is 39.8 Å². The van der Waals surface area contributed by atoms with E-state index in [4.69, 9.17) is 28.4 Å². The zero-order valence-electron chi connectivity index (χ0n) is 31.8. The predicted octanol–water partition coefficient (Wildman–Crippen LogP) is 7.11. The third kappa shape index (κ3) is 8.24. The molecule has 1 fully saturated rings. The first-order valence-corrected chi connectivity index (χ1v) is 18.6. The minimum absolute atomic E-state index is 0.00420. The number of hydrogen-bond acceptors (Lipinski definition) is 8. The number of methoxy groups -OCH3 is 2. The SMILES string of the molecule is COc1ccc(C(OC[C@H]2O[C@@](COCc3ccccc3)(n3cc(C)c(=O)[nH]c3=O)C[C@@H]2OCc2ccccc2)(c2ccccc2)c2ccc(OC)cc2)cc1. The molecule has 3 atom stereocenters. The zero-order chi connectivity index (χ0) is 39.0. The maximum absolute atomic E-state index is 13.7. The van der Waals surface area contributed by atoms with Gasteiger partial charge in [-0.15, -0.1) is 0 Å². The van der Waals surface area contributed by atoms with Crippen LogP contribution in [0.25, 0.3) is 0 Å². The van der Waals surface area contributed by atoms with E-state index < -0.39 is 34.8 Å². The van der Waals surface area contributed by atoms with Gasteiger partial charge in [0, 0.05) is 18.2 Å². The fraction of sp³-hybridized carbons (Fsp3) is 0.261. The van der Waals surface area contributed by atoms with E-state index in [1.807, 2.05) is 140 Å². The summed E-state index contributed by atoms with van der Waals surface area (Å²) in [7, 11) is 3.27. The van der Waals surface area contributed by atoms with Gasteiger partial charge in [0.15, 0.2) is 5.72 Å².